The first-order valence-electron chi connectivity index (χ1n) is 11.8. The lowest BCUT2D eigenvalue weighted by Crippen LogP contribution is -2.34. The van der Waals surface area contributed by atoms with E-state index in [4.69, 9.17) is 14.9 Å². The number of hydrogen-bond donors (Lipinski definition) is 3. The second-order valence-corrected chi connectivity index (χ2v) is 12.3. The van der Waals surface area contributed by atoms with Gasteiger partial charge in [0.2, 0.25) is 10.0 Å². The molecule has 0 bridgehead atoms. The highest BCUT2D eigenvalue weighted by molar-refractivity contribution is 8.93. The molecule has 1 heterocycles. The number of nitrogens with zero attached hydrogens (tertiary/aromatic N) is 2. The van der Waals surface area contributed by atoms with Gasteiger partial charge < -0.3 is 24.6 Å². The number of Topliss-reactive ketones (excluding diaryl/α,β-unsaturated/α-hetero) is 1. The largest absolute Gasteiger partial charge is 0.507 e. The van der Waals surface area contributed by atoms with Gasteiger partial charge in [-0.05, 0) is 29.2 Å². The van der Waals surface area contributed by atoms with Crippen molar-refractivity contribution < 1.29 is 42.1 Å². The second kappa shape index (κ2) is 12.1. The Labute approximate surface area is 242 Å². The molecule has 1 aliphatic rings. The van der Waals surface area contributed by atoms with E-state index in [-0.39, 0.29) is 69.8 Å². The van der Waals surface area contributed by atoms with Crippen molar-refractivity contribution in [2.75, 3.05) is 33.6 Å². The molecule has 0 fully saturated rings. The molecule has 1 aliphatic heterocycles. The van der Waals surface area contributed by atoms with Crippen LogP contribution >= 0.6 is 17.0 Å². The van der Waals surface area contributed by atoms with Crippen LogP contribution in [0.1, 0.15) is 53.4 Å². The van der Waals surface area contributed by atoms with Crippen molar-refractivity contribution in [2.45, 2.75) is 39.3 Å². The number of carboxylic acid groups (broad SMARTS) is 1. The van der Waals surface area contributed by atoms with E-state index < -0.39 is 46.1 Å². The minimum Gasteiger partial charge on any atom is -0.507 e. The zero-order chi connectivity index (χ0) is 29.4. The molecule has 2 aromatic rings. The van der Waals surface area contributed by atoms with E-state index in [9.17, 15) is 28.2 Å². The summed E-state index contributed by atoms with van der Waals surface area (Å²) in [6.45, 7) is 3.83. The molecule has 2 aromatic carbocycles. The summed E-state index contributed by atoms with van der Waals surface area (Å²) in [4.78, 5) is 26.1. The number of sulfonamides is 1. The van der Waals surface area contributed by atoms with Crippen molar-refractivity contribution in [1.82, 2.24) is 9.21 Å². The molecule has 0 aliphatic carbocycles. The van der Waals surface area contributed by atoms with Crippen LogP contribution in [0.4, 0.5) is 4.39 Å². The zero-order valence-electron chi connectivity index (χ0n) is 23.0. The van der Waals surface area contributed by atoms with Crippen LogP contribution in [0.15, 0.2) is 18.2 Å². The number of rotatable bonds is 10. The number of amidine groups is 1. The first-order chi connectivity index (χ1) is 18.0. The summed E-state index contributed by atoms with van der Waals surface area (Å²) < 4.78 is 50.5. The Balaban J connectivity index is 0.00000560. The Kier molecular flexibility index (Phi) is 9.98. The molecule has 3 rings (SSSR count). The highest BCUT2D eigenvalue weighted by Crippen LogP contribution is 2.39. The molecule has 3 N–H and O–H groups in total. The lowest BCUT2D eigenvalue weighted by atomic mass is 9.83. The number of ether oxygens (including phenoxy) is 2. The molecule has 0 aromatic heterocycles. The zero-order valence-corrected chi connectivity index (χ0v) is 25.5. The first-order valence-corrected chi connectivity index (χ1v) is 13.7. The van der Waals surface area contributed by atoms with Gasteiger partial charge in [0.1, 0.15) is 18.1 Å². The number of carbonyl (C=O) groups excluding carboxylic acids is 1. The van der Waals surface area contributed by atoms with E-state index in [2.05, 4.69) is 0 Å². The lowest BCUT2D eigenvalue weighted by molar-refractivity contribution is -0.137. The molecule has 14 heteroatoms. The second-order valence-electron chi connectivity index (χ2n) is 10.3. The topological polar surface area (TPSA) is 158 Å². The fourth-order valence-corrected chi connectivity index (χ4v) is 5.12. The van der Waals surface area contributed by atoms with Crippen molar-refractivity contribution in [1.29, 1.82) is 5.41 Å². The summed E-state index contributed by atoms with van der Waals surface area (Å²) in [5, 5.41) is 28.6. The number of hydrogen-bond acceptors (Lipinski definition) is 8. The summed E-state index contributed by atoms with van der Waals surface area (Å²) in [7, 11) is -1.32. The number of carbonyl (C=O) groups is 2. The van der Waals surface area contributed by atoms with Crippen molar-refractivity contribution >= 4 is 44.6 Å². The molecule has 0 saturated carbocycles. The van der Waals surface area contributed by atoms with Crippen molar-refractivity contribution in [3.8, 4) is 17.2 Å². The molecule has 0 saturated heterocycles. The number of aliphatic carboxylic acids is 1. The van der Waals surface area contributed by atoms with E-state index >= 15 is 4.39 Å². The minimum absolute atomic E-state index is 0. The summed E-state index contributed by atoms with van der Waals surface area (Å²) >= 11 is 0. The van der Waals surface area contributed by atoms with E-state index in [0.717, 1.165) is 6.26 Å². The number of methoxy groups -OCH3 is 2. The number of benzene rings is 2. The maximum atomic E-state index is 15.1. The summed E-state index contributed by atoms with van der Waals surface area (Å²) in [5.74, 6) is -3.07. The van der Waals surface area contributed by atoms with Gasteiger partial charge in [-0.25, -0.2) is 12.8 Å². The van der Waals surface area contributed by atoms with Crippen LogP contribution in [0, 0.1) is 11.2 Å². The highest BCUT2D eigenvalue weighted by Gasteiger charge is 2.33. The molecule has 0 unspecified atom stereocenters. The maximum Gasteiger partial charge on any atom is 0.318 e. The Morgan fingerprint density at radius 1 is 1.18 bits per heavy atom. The van der Waals surface area contributed by atoms with Gasteiger partial charge in [0.15, 0.2) is 23.1 Å². The smallest absolute Gasteiger partial charge is 0.318 e. The van der Waals surface area contributed by atoms with Gasteiger partial charge in [0.05, 0.1) is 32.6 Å². The maximum absolute atomic E-state index is 15.1. The normalized spacial score (nSPS) is 13.2. The molecule has 220 valence electrons. The molecule has 40 heavy (non-hydrogen) atoms. The fourth-order valence-electron chi connectivity index (χ4n) is 4.40. The Bertz CT molecular complexity index is 1460. The fraction of sp³-hybridized carbons (Fsp3) is 0.423. The third kappa shape index (κ3) is 6.73. The lowest BCUT2D eigenvalue weighted by Gasteiger charge is -2.25. The van der Waals surface area contributed by atoms with Crippen LogP contribution in [0.25, 0.3) is 0 Å². The molecule has 0 amide bonds. The number of fused-ring (bicyclic) bond motifs is 1. The molecule has 0 spiro atoms. The monoisotopic (exact) mass is 645 g/mol. The summed E-state index contributed by atoms with van der Waals surface area (Å²) in [6, 6.07) is 4.35. The van der Waals surface area contributed by atoms with Gasteiger partial charge in [-0.15, -0.1) is 17.0 Å². The number of aromatic hydroxyl groups is 1. The van der Waals surface area contributed by atoms with Crippen molar-refractivity contribution in [3.05, 3.63) is 51.8 Å². The predicted molar refractivity (Wildman–Crippen MR) is 151 cm³/mol. The summed E-state index contributed by atoms with van der Waals surface area (Å²) in [5.41, 5.74) is 0.313. The van der Waals surface area contributed by atoms with Crippen LogP contribution < -0.4 is 9.47 Å². The number of halogens is 2. The number of carboxylic acids is 1. The van der Waals surface area contributed by atoms with Gasteiger partial charge in [0.25, 0.3) is 0 Å². The van der Waals surface area contributed by atoms with Crippen LogP contribution in [-0.2, 0) is 33.3 Å². The molecular formula is C26H33BrFN3O8S. The van der Waals surface area contributed by atoms with Gasteiger partial charge >= 0.3 is 5.97 Å². The van der Waals surface area contributed by atoms with E-state index in [1.54, 1.807) is 26.8 Å². The summed E-state index contributed by atoms with van der Waals surface area (Å²) in [6.07, 6.45) is 0.854. The van der Waals surface area contributed by atoms with Crippen LogP contribution in [0.3, 0.4) is 0 Å². The van der Waals surface area contributed by atoms with Gasteiger partial charge in [-0.3, -0.25) is 15.0 Å². The first kappa shape index (κ1) is 33.0. The third-order valence-electron chi connectivity index (χ3n) is 6.39. The van der Waals surface area contributed by atoms with E-state index in [1.807, 2.05) is 0 Å². The Morgan fingerprint density at radius 2 is 1.80 bits per heavy atom. The molecule has 0 radical (unpaired) electrons. The third-order valence-corrected chi connectivity index (χ3v) is 7.58. The minimum atomic E-state index is -3.96. The number of phenolic OH excluding ortho intramolecular Hbond substituents is 1. The number of nitrogens with one attached hydrogen (secondary N) is 1. The average molecular weight is 647 g/mol. The highest BCUT2D eigenvalue weighted by atomic mass is 79.9. The number of ketones is 1. The van der Waals surface area contributed by atoms with Gasteiger partial charge in [-0.1, -0.05) is 20.8 Å². The standard InChI is InChI=1S/C26H32FN3O8S.BrH/c1-26(2,3)17-8-14(7-16(23(17)34)11-30(13-20(32)33)39(6,35)36)18(31)12-29-10-15-9-19(37-4)24(38-5)22(27)21(15)25(29)28;/h7-9,28,34H,10-13H2,1-6H3,(H,32,33);1H. The quantitative estimate of drug-likeness (QED) is 0.330. The SMILES string of the molecule is Br.COc1cc2c(c(F)c1OC)C(=N)N(CC(=O)c1cc(CN(CC(=O)O)S(C)(=O)=O)c(O)c(C(C)(C)C)c1)C2. The van der Waals surface area contributed by atoms with Crippen molar-refractivity contribution in [2.24, 2.45) is 0 Å². The molecule has 0 atom stereocenters. The Hall–Kier alpha value is -3.23. The van der Waals surface area contributed by atoms with Crippen LogP contribution in [0.5, 0.6) is 17.2 Å². The average Bonchev–Trinajstić information content (AvgIpc) is 3.12. The van der Waals surface area contributed by atoms with E-state index in [0.29, 0.717) is 15.4 Å². The van der Waals surface area contributed by atoms with Gasteiger partial charge in [0, 0.05) is 29.8 Å². The van der Waals surface area contributed by atoms with Gasteiger partial charge in [-0.2, -0.15) is 4.31 Å². The van der Waals surface area contributed by atoms with E-state index in [1.165, 1.54) is 31.3 Å². The predicted octanol–water partition coefficient (Wildman–Crippen LogP) is 3.29. The Morgan fingerprint density at radius 3 is 2.30 bits per heavy atom. The van der Waals surface area contributed by atoms with Crippen LogP contribution in [-0.4, -0.2) is 79.0 Å². The van der Waals surface area contributed by atoms with Crippen molar-refractivity contribution in [3.63, 3.8) is 0 Å². The number of phenols is 1. The van der Waals surface area contributed by atoms with Crippen LogP contribution in [0.2, 0.25) is 0 Å². The molecular weight excluding hydrogens is 613 g/mol. The molecule has 11 nitrogen and oxygen atoms in total.